The first-order valence-electron chi connectivity index (χ1n) is 13.4. The molecule has 4 heterocycles. The monoisotopic (exact) mass is 543 g/mol. The van der Waals surface area contributed by atoms with E-state index in [1.807, 2.05) is 47.2 Å². The number of rotatable bonds is 0. The molecule has 4 rings (SSSR count). The van der Waals surface area contributed by atoms with E-state index in [1.165, 1.54) is 6.33 Å². The highest BCUT2D eigenvalue weighted by Crippen LogP contribution is 1.91. The molecule has 0 atom stereocenters. The van der Waals surface area contributed by atoms with Gasteiger partial charge in [-0.2, -0.15) is 16.4 Å². The molecule has 0 saturated heterocycles. The summed E-state index contributed by atoms with van der Waals surface area (Å²) in [5, 5.41) is 10.3. The van der Waals surface area contributed by atoms with E-state index in [4.69, 9.17) is 0 Å². The summed E-state index contributed by atoms with van der Waals surface area (Å²) >= 11 is 1.71. The van der Waals surface area contributed by atoms with Crippen molar-refractivity contribution in [2.24, 2.45) is 23.7 Å². The molecule has 5 nitrogen and oxygen atoms in total. The van der Waals surface area contributed by atoms with Crippen molar-refractivity contribution in [3.63, 3.8) is 0 Å². The largest absolute Gasteiger partial charge is 0.286 e. The summed E-state index contributed by atoms with van der Waals surface area (Å²) in [6, 6.07) is 13.4. The lowest BCUT2D eigenvalue weighted by Gasteiger charge is -1.79. The Labute approximate surface area is 239 Å². The fourth-order valence-corrected chi connectivity index (χ4v) is 1.46. The molecule has 0 radical (unpaired) electrons. The zero-order valence-corrected chi connectivity index (χ0v) is 27.1. The molecule has 0 aromatic carbocycles. The molecular formula is C32H57N5S. The smallest absolute Gasteiger partial charge is 0.115 e. The number of nitrogens with zero attached hydrogens (tertiary/aromatic N) is 4. The van der Waals surface area contributed by atoms with Gasteiger partial charge in [0.2, 0.25) is 0 Å². The zero-order valence-electron chi connectivity index (χ0n) is 26.2. The standard InChI is InChI=1S/C5H5N.C4H4N2.C4H4S.4C4H10.C3H4N2/c1-2-4-6-5-3-1;1-2-5-4-6-3-1;1-2-4-5-3-1;4*1-4(2)3;1-2-4-5-3-1/h1-5H;1-4H;1-4H;4*4H,1-3H3;1-3H,(H,4,5). The second-order valence-corrected chi connectivity index (χ2v) is 11.2. The minimum Gasteiger partial charge on any atom is -0.286 e. The lowest BCUT2D eigenvalue weighted by molar-refractivity contribution is 0.736. The van der Waals surface area contributed by atoms with Crippen LogP contribution in [0.25, 0.3) is 0 Å². The van der Waals surface area contributed by atoms with Crippen LogP contribution in [0.1, 0.15) is 83.1 Å². The van der Waals surface area contributed by atoms with Crippen LogP contribution >= 0.6 is 11.3 Å². The average Bonchev–Trinajstić information content (AvgIpc) is 3.60. The predicted octanol–water partition coefficient (Wildman–Crippen LogP) is 10.4. The van der Waals surface area contributed by atoms with Gasteiger partial charge in [0.25, 0.3) is 0 Å². The van der Waals surface area contributed by atoms with E-state index in [2.05, 4.69) is 108 Å². The van der Waals surface area contributed by atoms with Gasteiger partial charge in [-0.3, -0.25) is 10.1 Å². The van der Waals surface area contributed by atoms with Crippen molar-refractivity contribution in [2.45, 2.75) is 83.1 Å². The van der Waals surface area contributed by atoms with E-state index in [-0.39, 0.29) is 0 Å². The van der Waals surface area contributed by atoms with Crippen molar-refractivity contribution in [1.29, 1.82) is 0 Å². The quantitative estimate of drug-likeness (QED) is 0.239. The third-order valence-corrected chi connectivity index (χ3v) is 2.50. The minimum atomic E-state index is 0.833. The summed E-state index contributed by atoms with van der Waals surface area (Å²) in [7, 11) is 0. The summed E-state index contributed by atoms with van der Waals surface area (Å²) in [6.07, 6.45) is 11.8. The minimum absolute atomic E-state index is 0.833. The highest BCUT2D eigenvalue weighted by Gasteiger charge is 1.69. The number of aromatic amines is 1. The first kappa shape index (κ1) is 42.2. The molecule has 0 spiro atoms. The molecule has 0 saturated carbocycles. The van der Waals surface area contributed by atoms with Crippen LogP contribution in [0.15, 0.2) is 96.7 Å². The second kappa shape index (κ2) is 38.7. The molecule has 1 N–H and O–H groups in total. The van der Waals surface area contributed by atoms with Gasteiger partial charge in [0.05, 0.1) is 0 Å². The topological polar surface area (TPSA) is 67.3 Å². The van der Waals surface area contributed by atoms with Gasteiger partial charge in [0.1, 0.15) is 6.33 Å². The fourth-order valence-electron chi connectivity index (χ4n) is 1.01. The molecule has 4 aromatic heterocycles. The van der Waals surface area contributed by atoms with E-state index in [0.29, 0.717) is 0 Å². The van der Waals surface area contributed by atoms with Crippen LogP contribution < -0.4 is 0 Å². The van der Waals surface area contributed by atoms with Crippen molar-refractivity contribution < 1.29 is 0 Å². The van der Waals surface area contributed by atoms with Gasteiger partial charge in [0, 0.05) is 37.2 Å². The maximum absolute atomic E-state index is 3.78. The molecule has 4 aromatic rings. The van der Waals surface area contributed by atoms with E-state index < -0.39 is 0 Å². The summed E-state index contributed by atoms with van der Waals surface area (Å²) in [5.74, 6) is 3.33. The number of H-pyrrole nitrogens is 1. The summed E-state index contributed by atoms with van der Waals surface area (Å²) in [5.41, 5.74) is 0. The highest BCUT2D eigenvalue weighted by atomic mass is 32.1. The first-order valence-corrected chi connectivity index (χ1v) is 14.3. The Bertz CT molecular complexity index is 593. The Balaban J connectivity index is -0.000000175. The van der Waals surface area contributed by atoms with Crippen LogP contribution in [0.5, 0.6) is 0 Å². The lowest BCUT2D eigenvalue weighted by Crippen LogP contribution is -1.66. The fraction of sp³-hybridized carbons (Fsp3) is 0.500. The maximum atomic E-state index is 3.78. The zero-order chi connectivity index (χ0) is 29.9. The Morgan fingerprint density at radius 2 is 0.842 bits per heavy atom. The van der Waals surface area contributed by atoms with E-state index >= 15 is 0 Å². The summed E-state index contributed by atoms with van der Waals surface area (Å²) in [4.78, 5) is 11.1. The van der Waals surface area contributed by atoms with Crippen molar-refractivity contribution in [3.05, 3.63) is 96.7 Å². The van der Waals surface area contributed by atoms with Crippen molar-refractivity contribution in [1.82, 2.24) is 25.1 Å². The lowest BCUT2D eigenvalue weighted by atomic mass is 10.3. The van der Waals surface area contributed by atoms with Crippen LogP contribution in [0.4, 0.5) is 0 Å². The molecule has 0 aliphatic rings. The van der Waals surface area contributed by atoms with Crippen LogP contribution in [0, 0.1) is 23.7 Å². The van der Waals surface area contributed by atoms with Crippen molar-refractivity contribution >= 4 is 11.3 Å². The van der Waals surface area contributed by atoms with Crippen LogP contribution in [0.3, 0.4) is 0 Å². The number of aromatic nitrogens is 5. The molecule has 216 valence electrons. The van der Waals surface area contributed by atoms with Crippen LogP contribution in [-0.4, -0.2) is 25.1 Å². The van der Waals surface area contributed by atoms with Gasteiger partial charge in [-0.25, -0.2) is 9.97 Å². The Kier molecular flexibility index (Phi) is 43.0. The predicted molar refractivity (Wildman–Crippen MR) is 171 cm³/mol. The van der Waals surface area contributed by atoms with Gasteiger partial charge in [-0.15, -0.1) is 0 Å². The first-order chi connectivity index (χ1) is 17.9. The Hall–Kier alpha value is -2.86. The third kappa shape index (κ3) is 93.4. The Morgan fingerprint density at radius 3 is 0.947 bits per heavy atom. The molecule has 38 heavy (non-hydrogen) atoms. The van der Waals surface area contributed by atoms with Gasteiger partial charge in [0.15, 0.2) is 0 Å². The molecular weight excluding hydrogens is 486 g/mol. The molecule has 0 fully saturated rings. The average molecular weight is 544 g/mol. The SMILES string of the molecule is CC(C)C.CC(C)C.CC(C)C.CC(C)C.c1ccncc1.c1ccsc1.c1cn[nH]c1.c1cncnc1. The number of hydrogen-bond acceptors (Lipinski definition) is 5. The normalized spacial score (nSPS) is 8.42. The van der Waals surface area contributed by atoms with Crippen LogP contribution in [-0.2, 0) is 0 Å². The Morgan fingerprint density at radius 1 is 0.447 bits per heavy atom. The molecule has 0 bridgehead atoms. The molecule has 6 heteroatoms. The van der Waals surface area contributed by atoms with Crippen molar-refractivity contribution in [3.8, 4) is 0 Å². The van der Waals surface area contributed by atoms with Crippen LogP contribution in [0.2, 0.25) is 0 Å². The second-order valence-electron chi connectivity index (χ2n) is 10.4. The van der Waals surface area contributed by atoms with Crippen molar-refractivity contribution in [2.75, 3.05) is 0 Å². The highest BCUT2D eigenvalue weighted by molar-refractivity contribution is 7.07. The summed E-state index contributed by atoms with van der Waals surface area (Å²) < 4.78 is 0. The van der Waals surface area contributed by atoms with E-state index in [1.54, 1.807) is 54.6 Å². The molecule has 0 aliphatic carbocycles. The molecule has 0 aliphatic heterocycles. The molecule has 0 amide bonds. The maximum Gasteiger partial charge on any atom is 0.115 e. The van der Waals surface area contributed by atoms with Gasteiger partial charge in [-0.1, -0.05) is 101 Å². The number of thiophene rings is 1. The number of pyridine rings is 1. The van der Waals surface area contributed by atoms with Gasteiger partial charge >= 0.3 is 0 Å². The van der Waals surface area contributed by atoms with E-state index in [9.17, 15) is 0 Å². The van der Waals surface area contributed by atoms with Gasteiger partial charge in [-0.05, 0) is 58.7 Å². The number of hydrogen-bond donors (Lipinski definition) is 1. The molecule has 0 unspecified atom stereocenters. The summed E-state index contributed by atoms with van der Waals surface area (Å²) in [6.45, 7) is 26.0. The van der Waals surface area contributed by atoms with E-state index in [0.717, 1.165) is 23.7 Å². The third-order valence-electron chi connectivity index (χ3n) is 1.88. The van der Waals surface area contributed by atoms with Gasteiger partial charge < -0.3 is 0 Å². The number of nitrogens with one attached hydrogen (secondary N) is 1.